The zero-order valence-corrected chi connectivity index (χ0v) is 7.35. The zero-order valence-electron chi connectivity index (χ0n) is 7.35. The van der Waals surface area contributed by atoms with E-state index in [1.165, 1.54) is 0 Å². The normalized spacial score (nSPS) is 9.83. The summed E-state index contributed by atoms with van der Waals surface area (Å²) in [6, 6.07) is 1.78. The van der Waals surface area contributed by atoms with E-state index in [1.807, 2.05) is 13.8 Å². The van der Waals surface area contributed by atoms with E-state index < -0.39 is 0 Å². The molecule has 1 aromatic heterocycles. The van der Waals surface area contributed by atoms with Crippen molar-refractivity contribution in [3.8, 4) is 0 Å². The highest BCUT2D eigenvalue weighted by molar-refractivity contribution is 5.60. The lowest BCUT2D eigenvalue weighted by Crippen LogP contribution is -2.13. The number of allylic oxidation sites excluding steroid dienone is 1. The van der Waals surface area contributed by atoms with Crippen LogP contribution in [0.25, 0.3) is 5.57 Å². The van der Waals surface area contributed by atoms with Gasteiger partial charge in [0.05, 0.1) is 5.69 Å². The molecule has 64 valence electrons. The summed E-state index contributed by atoms with van der Waals surface area (Å²) in [5.74, 6) is 0. The Morgan fingerprint density at radius 2 is 2.42 bits per heavy atom. The lowest BCUT2D eigenvalue weighted by molar-refractivity contribution is 0.890. The van der Waals surface area contributed by atoms with Crippen LogP contribution in [-0.2, 0) is 6.42 Å². The van der Waals surface area contributed by atoms with Gasteiger partial charge in [-0.3, -0.25) is 4.79 Å². The topological polar surface area (TPSA) is 45.8 Å². The maximum atomic E-state index is 11.1. The van der Waals surface area contributed by atoms with Crippen LogP contribution < -0.4 is 5.56 Å². The minimum atomic E-state index is -0.167. The van der Waals surface area contributed by atoms with Crippen LogP contribution in [0, 0.1) is 0 Å². The lowest BCUT2D eigenvalue weighted by Gasteiger charge is -1.99. The van der Waals surface area contributed by atoms with Gasteiger partial charge in [0, 0.05) is 5.56 Å². The van der Waals surface area contributed by atoms with Crippen LogP contribution in [0.5, 0.6) is 0 Å². The molecule has 0 unspecified atom stereocenters. The Labute approximate surface area is 71.1 Å². The largest absolute Gasteiger partial charge is 0.271 e. The second-order valence-electron chi connectivity index (χ2n) is 2.74. The molecule has 0 saturated heterocycles. The number of aromatic nitrogens is 2. The molecule has 1 aromatic rings. The minimum Gasteiger partial charge on any atom is -0.267 e. The van der Waals surface area contributed by atoms with Crippen molar-refractivity contribution in [1.29, 1.82) is 0 Å². The van der Waals surface area contributed by atoms with E-state index in [-0.39, 0.29) is 5.56 Å². The van der Waals surface area contributed by atoms with Crippen LogP contribution in [0.1, 0.15) is 25.1 Å². The fourth-order valence-electron chi connectivity index (χ4n) is 0.945. The standard InChI is InChI=1S/C9H12N2O/c1-4-7-5-8(6(2)3)9(12)11-10-7/h5H,2,4H2,1,3H3,(H,11,12). The molecule has 3 nitrogen and oxygen atoms in total. The van der Waals surface area contributed by atoms with Gasteiger partial charge in [-0.25, -0.2) is 5.10 Å². The predicted octanol–water partition coefficient (Wildman–Crippen LogP) is 1.37. The predicted molar refractivity (Wildman–Crippen MR) is 48.9 cm³/mol. The third-order valence-corrected chi connectivity index (χ3v) is 1.68. The van der Waals surface area contributed by atoms with Gasteiger partial charge in [0.25, 0.3) is 5.56 Å². The summed E-state index contributed by atoms with van der Waals surface area (Å²) in [5, 5.41) is 6.30. The van der Waals surface area contributed by atoms with E-state index in [0.717, 1.165) is 17.7 Å². The van der Waals surface area contributed by atoms with Gasteiger partial charge in [-0.2, -0.15) is 5.10 Å². The molecule has 0 aromatic carbocycles. The van der Waals surface area contributed by atoms with E-state index in [1.54, 1.807) is 6.07 Å². The minimum absolute atomic E-state index is 0.167. The molecule has 1 N–H and O–H groups in total. The Hall–Kier alpha value is -1.38. The SMILES string of the molecule is C=C(C)c1cc(CC)n[nH]c1=O. The quantitative estimate of drug-likeness (QED) is 0.717. The van der Waals surface area contributed by atoms with Crippen molar-refractivity contribution in [2.75, 3.05) is 0 Å². The van der Waals surface area contributed by atoms with Gasteiger partial charge in [-0.1, -0.05) is 13.5 Å². The van der Waals surface area contributed by atoms with Crippen molar-refractivity contribution in [2.24, 2.45) is 0 Å². The van der Waals surface area contributed by atoms with Crippen molar-refractivity contribution in [1.82, 2.24) is 10.2 Å². The molecule has 1 heterocycles. The maximum absolute atomic E-state index is 11.1. The summed E-state index contributed by atoms with van der Waals surface area (Å²) in [7, 11) is 0. The molecule has 0 radical (unpaired) electrons. The number of aromatic amines is 1. The van der Waals surface area contributed by atoms with E-state index in [0.29, 0.717) is 5.56 Å². The molecule has 0 spiro atoms. The molecule has 0 bridgehead atoms. The second kappa shape index (κ2) is 3.34. The molecule has 0 fully saturated rings. The summed E-state index contributed by atoms with van der Waals surface area (Å²) < 4.78 is 0. The molecule has 0 aliphatic carbocycles. The third-order valence-electron chi connectivity index (χ3n) is 1.68. The number of nitrogens with zero attached hydrogens (tertiary/aromatic N) is 1. The molecule has 12 heavy (non-hydrogen) atoms. The zero-order chi connectivity index (χ0) is 9.14. The fourth-order valence-corrected chi connectivity index (χ4v) is 0.945. The summed E-state index contributed by atoms with van der Waals surface area (Å²) >= 11 is 0. The van der Waals surface area contributed by atoms with Crippen LogP contribution in [0.15, 0.2) is 17.4 Å². The Morgan fingerprint density at radius 3 is 2.92 bits per heavy atom. The third kappa shape index (κ3) is 1.61. The van der Waals surface area contributed by atoms with Crippen molar-refractivity contribution >= 4 is 5.57 Å². The summed E-state index contributed by atoms with van der Waals surface area (Å²) in [4.78, 5) is 11.1. The first-order chi connectivity index (χ1) is 5.65. The van der Waals surface area contributed by atoms with E-state index in [2.05, 4.69) is 16.8 Å². The first-order valence-electron chi connectivity index (χ1n) is 3.89. The second-order valence-corrected chi connectivity index (χ2v) is 2.74. The van der Waals surface area contributed by atoms with Gasteiger partial charge >= 0.3 is 0 Å². The molecule has 0 amide bonds. The molecular weight excluding hydrogens is 152 g/mol. The molecular formula is C9H12N2O. The van der Waals surface area contributed by atoms with E-state index in [9.17, 15) is 4.79 Å². The lowest BCUT2D eigenvalue weighted by atomic mass is 10.1. The van der Waals surface area contributed by atoms with Gasteiger partial charge < -0.3 is 0 Å². The van der Waals surface area contributed by atoms with E-state index >= 15 is 0 Å². The van der Waals surface area contributed by atoms with E-state index in [4.69, 9.17) is 0 Å². The first kappa shape index (κ1) is 8.71. The molecule has 0 aliphatic rings. The molecule has 0 aliphatic heterocycles. The van der Waals surface area contributed by atoms with Crippen molar-refractivity contribution in [2.45, 2.75) is 20.3 Å². The van der Waals surface area contributed by atoms with Crippen LogP contribution in [0.2, 0.25) is 0 Å². The van der Waals surface area contributed by atoms with Crippen LogP contribution in [0.3, 0.4) is 0 Å². The van der Waals surface area contributed by atoms with Gasteiger partial charge in [0.1, 0.15) is 0 Å². The Balaban J connectivity index is 3.26. The summed E-state index contributed by atoms with van der Waals surface area (Å²) in [6.07, 6.45) is 0.817. The first-order valence-corrected chi connectivity index (χ1v) is 3.89. The fraction of sp³-hybridized carbons (Fsp3) is 0.333. The Morgan fingerprint density at radius 1 is 1.75 bits per heavy atom. The number of H-pyrrole nitrogens is 1. The number of hydrogen-bond acceptors (Lipinski definition) is 2. The summed E-state index contributed by atoms with van der Waals surface area (Å²) in [5.41, 5.74) is 2.11. The van der Waals surface area contributed by atoms with Gasteiger partial charge in [0.15, 0.2) is 0 Å². The van der Waals surface area contributed by atoms with Crippen LogP contribution >= 0.6 is 0 Å². The average molecular weight is 164 g/mol. The summed E-state index contributed by atoms with van der Waals surface area (Å²) in [6.45, 7) is 7.51. The number of nitrogens with one attached hydrogen (secondary N) is 1. The van der Waals surface area contributed by atoms with Gasteiger partial charge in [-0.15, -0.1) is 0 Å². The van der Waals surface area contributed by atoms with Crippen LogP contribution in [0.4, 0.5) is 0 Å². The maximum Gasteiger partial charge on any atom is 0.271 e. The molecule has 0 atom stereocenters. The number of rotatable bonds is 2. The molecule has 0 saturated carbocycles. The smallest absolute Gasteiger partial charge is 0.267 e. The highest BCUT2D eigenvalue weighted by Crippen LogP contribution is 2.05. The van der Waals surface area contributed by atoms with Crippen molar-refractivity contribution in [3.05, 3.63) is 34.3 Å². The Bertz CT molecular complexity index is 352. The average Bonchev–Trinajstić information content (AvgIpc) is 2.05. The van der Waals surface area contributed by atoms with Crippen molar-refractivity contribution < 1.29 is 0 Å². The molecule has 1 rings (SSSR count). The van der Waals surface area contributed by atoms with Crippen LogP contribution in [-0.4, -0.2) is 10.2 Å². The number of aryl methyl sites for hydroxylation is 1. The van der Waals surface area contributed by atoms with Crippen molar-refractivity contribution in [3.63, 3.8) is 0 Å². The van der Waals surface area contributed by atoms with Gasteiger partial charge in [0.2, 0.25) is 0 Å². The highest BCUT2D eigenvalue weighted by Gasteiger charge is 2.01. The monoisotopic (exact) mass is 164 g/mol. The highest BCUT2D eigenvalue weighted by atomic mass is 16.1. The number of hydrogen-bond donors (Lipinski definition) is 1. The van der Waals surface area contributed by atoms with Gasteiger partial charge in [-0.05, 0) is 25.0 Å². The Kier molecular flexibility index (Phi) is 2.43. The molecule has 3 heteroatoms.